The highest BCUT2D eigenvalue weighted by molar-refractivity contribution is 6.06. The van der Waals surface area contributed by atoms with Gasteiger partial charge in [-0.1, -0.05) is 6.92 Å². The third-order valence-electron chi connectivity index (χ3n) is 4.07. The summed E-state index contributed by atoms with van der Waals surface area (Å²) in [6.07, 6.45) is 1.49. The molecular formula is C15H18O4. The van der Waals surface area contributed by atoms with Gasteiger partial charge in [0.15, 0.2) is 5.78 Å². The van der Waals surface area contributed by atoms with Gasteiger partial charge in [-0.15, -0.1) is 0 Å². The number of ether oxygens (including phenoxy) is 3. The molecule has 1 aliphatic heterocycles. The van der Waals surface area contributed by atoms with E-state index in [-0.39, 0.29) is 11.7 Å². The molecule has 19 heavy (non-hydrogen) atoms. The second-order valence-electron chi connectivity index (χ2n) is 5.15. The lowest BCUT2D eigenvalue weighted by Crippen LogP contribution is -2.15. The van der Waals surface area contributed by atoms with Crippen LogP contribution in [0, 0.1) is 5.92 Å². The first-order valence-electron chi connectivity index (χ1n) is 6.59. The van der Waals surface area contributed by atoms with Crippen LogP contribution in [-0.2, 0) is 24.2 Å². The predicted octanol–water partition coefficient (Wildman–Crippen LogP) is 2.15. The Labute approximate surface area is 112 Å². The van der Waals surface area contributed by atoms with Gasteiger partial charge in [0, 0.05) is 22.6 Å². The molecule has 1 aliphatic carbocycles. The molecule has 0 saturated heterocycles. The second kappa shape index (κ2) is 4.53. The fourth-order valence-corrected chi connectivity index (χ4v) is 3.20. The third kappa shape index (κ3) is 1.66. The molecule has 0 fully saturated rings. The van der Waals surface area contributed by atoms with Crippen LogP contribution in [0.15, 0.2) is 0 Å². The lowest BCUT2D eigenvalue weighted by molar-refractivity contribution is 0.0941. The number of carbonyl (C=O) groups excluding carboxylic acids is 1. The summed E-state index contributed by atoms with van der Waals surface area (Å²) in [5.41, 5.74) is 3.84. The van der Waals surface area contributed by atoms with E-state index in [4.69, 9.17) is 14.2 Å². The molecule has 0 spiro atoms. The highest BCUT2D eigenvalue weighted by Crippen LogP contribution is 2.46. The highest BCUT2D eigenvalue weighted by atomic mass is 16.5. The topological polar surface area (TPSA) is 44.8 Å². The predicted molar refractivity (Wildman–Crippen MR) is 70.1 cm³/mol. The van der Waals surface area contributed by atoms with Gasteiger partial charge in [-0.05, 0) is 12.8 Å². The van der Waals surface area contributed by atoms with E-state index in [0.29, 0.717) is 13.2 Å². The molecule has 0 amide bonds. The maximum atomic E-state index is 12.4. The van der Waals surface area contributed by atoms with Crippen LogP contribution in [0.1, 0.15) is 34.0 Å². The fourth-order valence-electron chi connectivity index (χ4n) is 3.20. The Bertz CT molecular complexity index is 548. The minimum absolute atomic E-state index is 0.00238. The third-order valence-corrected chi connectivity index (χ3v) is 4.07. The Hall–Kier alpha value is -1.55. The zero-order chi connectivity index (χ0) is 13.6. The molecular weight excluding hydrogens is 244 g/mol. The van der Waals surface area contributed by atoms with Crippen LogP contribution >= 0.6 is 0 Å². The van der Waals surface area contributed by atoms with Gasteiger partial charge in [-0.2, -0.15) is 0 Å². The maximum absolute atomic E-state index is 12.4. The summed E-state index contributed by atoms with van der Waals surface area (Å²) in [5.74, 6) is 1.73. The van der Waals surface area contributed by atoms with E-state index in [2.05, 4.69) is 0 Å². The molecule has 4 nitrogen and oxygen atoms in total. The van der Waals surface area contributed by atoms with E-state index in [1.165, 1.54) is 0 Å². The summed E-state index contributed by atoms with van der Waals surface area (Å²) in [7, 11) is 3.29. The van der Waals surface area contributed by atoms with Crippen LogP contribution in [0.25, 0.3) is 0 Å². The first-order valence-corrected chi connectivity index (χ1v) is 6.59. The van der Waals surface area contributed by atoms with Crippen molar-refractivity contribution in [3.63, 3.8) is 0 Å². The Kier molecular flexibility index (Phi) is 2.97. The monoisotopic (exact) mass is 262 g/mol. The molecule has 102 valence electrons. The summed E-state index contributed by atoms with van der Waals surface area (Å²) < 4.78 is 16.6. The van der Waals surface area contributed by atoms with Crippen LogP contribution in [0.4, 0.5) is 0 Å². The Morgan fingerprint density at radius 1 is 1.11 bits per heavy atom. The minimum atomic E-state index is 0.00238. The summed E-state index contributed by atoms with van der Waals surface area (Å²) in [5, 5.41) is 0. The van der Waals surface area contributed by atoms with Crippen molar-refractivity contribution in [1.82, 2.24) is 0 Å². The molecule has 0 saturated carbocycles. The number of benzene rings is 1. The molecule has 1 aromatic rings. The smallest absolute Gasteiger partial charge is 0.170 e. The zero-order valence-electron chi connectivity index (χ0n) is 11.5. The van der Waals surface area contributed by atoms with Crippen molar-refractivity contribution in [1.29, 1.82) is 0 Å². The molecule has 0 bridgehead atoms. The number of hydrogen-bond donors (Lipinski definition) is 0. The van der Waals surface area contributed by atoms with Gasteiger partial charge in [0.25, 0.3) is 0 Å². The first-order chi connectivity index (χ1) is 9.19. The van der Waals surface area contributed by atoms with Crippen molar-refractivity contribution in [2.24, 2.45) is 5.92 Å². The van der Waals surface area contributed by atoms with E-state index in [1.54, 1.807) is 14.2 Å². The molecule has 4 heteroatoms. The molecule has 1 unspecified atom stereocenters. The van der Waals surface area contributed by atoms with Gasteiger partial charge in [-0.3, -0.25) is 4.79 Å². The minimum Gasteiger partial charge on any atom is -0.496 e. The van der Waals surface area contributed by atoms with E-state index in [0.717, 1.165) is 46.6 Å². The van der Waals surface area contributed by atoms with Gasteiger partial charge in [0.2, 0.25) is 0 Å². The number of rotatable bonds is 2. The van der Waals surface area contributed by atoms with E-state index in [9.17, 15) is 4.79 Å². The molecule has 0 aromatic heterocycles. The van der Waals surface area contributed by atoms with Crippen molar-refractivity contribution in [2.75, 3.05) is 20.8 Å². The number of methoxy groups -OCH3 is 2. The van der Waals surface area contributed by atoms with Crippen LogP contribution in [0.3, 0.4) is 0 Å². The summed E-state index contributed by atoms with van der Waals surface area (Å²) in [6, 6.07) is 0. The first kappa shape index (κ1) is 12.5. The van der Waals surface area contributed by atoms with Gasteiger partial charge in [0.1, 0.15) is 11.5 Å². The van der Waals surface area contributed by atoms with Gasteiger partial charge in [-0.25, -0.2) is 0 Å². The fraction of sp³-hybridized carbons (Fsp3) is 0.533. The van der Waals surface area contributed by atoms with Crippen molar-refractivity contribution >= 4 is 5.78 Å². The lowest BCUT2D eigenvalue weighted by atomic mass is 9.93. The summed E-state index contributed by atoms with van der Waals surface area (Å²) in [4.78, 5) is 12.4. The molecule has 1 heterocycles. The van der Waals surface area contributed by atoms with Crippen molar-refractivity contribution in [3.05, 3.63) is 22.3 Å². The molecule has 1 atom stereocenters. The van der Waals surface area contributed by atoms with Crippen LogP contribution in [-0.4, -0.2) is 26.6 Å². The molecule has 1 aromatic carbocycles. The molecule has 3 rings (SSSR count). The van der Waals surface area contributed by atoms with Crippen LogP contribution in [0.5, 0.6) is 11.5 Å². The van der Waals surface area contributed by atoms with Crippen LogP contribution < -0.4 is 9.47 Å². The quantitative estimate of drug-likeness (QED) is 0.819. The number of Topliss-reactive ketones (excluding diaryl/α,β-unsaturated/α-hetero) is 1. The second-order valence-corrected chi connectivity index (χ2v) is 5.15. The Balaban J connectivity index is 2.32. The Morgan fingerprint density at radius 3 is 2.53 bits per heavy atom. The van der Waals surface area contributed by atoms with E-state index in [1.807, 2.05) is 6.92 Å². The normalized spacial score (nSPS) is 21.0. The van der Waals surface area contributed by atoms with Gasteiger partial charge in [0.05, 0.1) is 33.0 Å². The SMILES string of the molecule is COc1c2c(c(OC)c3c1CC(C)C3=O)CCOC2. The number of carbonyl (C=O) groups is 1. The van der Waals surface area contributed by atoms with Gasteiger partial charge >= 0.3 is 0 Å². The van der Waals surface area contributed by atoms with Crippen molar-refractivity contribution in [2.45, 2.75) is 26.4 Å². The lowest BCUT2D eigenvalue weighted by Gasteiger charge is -2.24. The summed E-state index contributed by atoms with van der Waals surface area (Å²) in [6.45, 7) is 3.15. The van der Waals surface area contributed by atoms with E-state index < -0.39 is 0 Å². The van der Waals surface area contributed by atoms with Crippen molar-refractivity contribution < 1.29 is 19.0 Å². The standard InChI is InChI=1S/C15H18O4/c1-8-6-10-12(13(8)16)15(18-3)9-4-5-19-7-11(9)14(10)17-2/h8H,4-7H2,1-3H3. The molecule has 0 radical (unpaired) electrons. The van der Waals surface area contributed by atoms with Gasteiger partial charge < -0.3 is 14.2 Å². The zero-order valence-corrected chi connectivity index (χ0v) is 11.5. The molecule has 2 aliphatic rings. The number of hydrogen-bond acceptors (Lipinski definition) is 4. The van der Waals surface area contributed by atoms with Crippen molar-refractivity contribution in [3.8, 4) is 11.5 Å². The highest BCUT2D eigenvalue weighted by Gasteiger charge is 2.37. The van der Waals surface area contributed by atoms with Crippen LogP contribution in [0.2, 0.25) is 0 Å². The average molecular weight is 262 g/mol. The number of fused-ring (bicyclic) bond motifs is 2. The Morgan fingerprint density at radius 2 is 1.84 bits per heavy atom. The molecule has 0 N–H and O–H groups in total. The average Bonchev–Trinajstić information content (AvgIpc) is 2.72. The maximum Gasteiger partial charge on any atom is 0.170 e. The largest absolute Gasteiger partial charge is 0.496 e. The van der Waals surface area contributed by atoms with E-state index >= 15 is 0 Å². The summed E-state index contributed by atoms with van der Waals surface area (Å²) >= 11 is 0. The number of ketones is 1.